The fraction of sp³-hybridized carbons (Fsp3) is 0.444. The predicted molar refractivity (Wildman–Crippen MR) is 169 cm³/mol. The topological polar surface area (TPSA) is 125 Å². The zero-order valence-corrected chi connectivity index (χ0v) is 25.8. The van der Waals surface area contributed by atoms with Crippen LogP contribution in [0.25, 0.3) is 0 Å². The first-order chi connectivity index (χ1) is 22.4. The van der Waals surface area contributed by atoms with Gasteiger partial charge in [-0.05, 0) is 36.8 Å². The molecule has 3 amide bonds. The van der Waals surface area contributed by atoms with Crippen LogP contribution < -0.4 is 5.32 Å². The number of aliphatic hydroxyl groups excluding tert-OH is 1. The summed E-state index contributed by atoms with van der Waals surface area (Å²) in [6.45, 7) is 0.874. The molecule has 2 saturated heterocycles. The molecule has 0 unspecified atom stereocenters. The first kappa shape index (κ1) is 31.7. The monoisotopic (exact) mass is 627 g/mol. The molecule has 4 aliphatic heterocycles. The highest BCUT2D eigenvalue weighted by Crippen LogP contribution is 2.55. The minimum atomic E-state index is -1.29. The number of hydrogen-bond donors (Lipinski definition) is 2. The van der Waals surface area contributed by atoms with Crippen molar-refractivity contribution in [3.05, 3.63) is 96.1 Å². The number of rotatable bonds is 8. The molecular formula is C36H41N3O7. The molecule has 10 nitrogen and oxygen atoms in total. The number of aliphatic hydroxyl groups is 1. The number of cyclic esters (lactones) is 1. The molecule has 6 rings (SSSR count). The van der Waals surface area contributed by atoms with E-state index in [2.05, 4.69) is 5.32 Å². The highest BCUT2D eigenvalue weighted by Gasteiger charge is 2.73. The molecule has 0 aliphatic carbocycles. The molecule has 242 valence electrons. The van der Waals surface area contributed by atoms with E-state index in [9.17, 15) is 24.3 Å². The molecule has 10 heteroatoms. The SMILES string of the molecule is O=C1CC/C=C\CN(Cc2ccccc2)C(=O)[C@H]2N(CCCCCO)C(=O)[C@@H]3[C@@H](C(=O)N[C@@H](c4ccccc4)CO1)[C@H]1C=C[C@]32O1. The van der Waals surface area contributed by atoms with E-state index in [1.807, 2.05) is 78.9 Å². The summed E-state index contributed by atoms with van der Waals surface area (Å²) in [5.41, 5.74) is 0.408. The first-order valence-electron chi connectivity index (χ1n) is 16.2. The van der Waals surface area contributed by atoms with E-state index in [0.717, 1.165) is 11.1 Å². The number of allylic oxidation sites excluding steroid dienone is 1. The van der Waals surface area contributed by atoms with Crippen LogP contribution in [0.1, 0.15) is 49.3 Å². The highest BCUT2D eigenvalue weighted by atomic mass is 16.5. The Labute approximate surface area is 269 Å². The van der Waals surface area contributed by atoms with Crippen molar-refractivity contribution < 1.29 is 33.8 Å². The van der Waals surface area contributed by atoms with E-state index < -0.39 is 41.6 Å². The summed E-state index contributed by atoms with van der Waals surface area (Å²) in [6, 6.07) is 17.3. The van der Waals surface area contributed by atoms with Gasteiger partial charge in [0.25, 0.3) is 0 Å². The number of carbonyl (C=O) groups is 4. The Morgan fingerprint density at radius 3 is 2.43 bits per heavy atom. The van der Waals surface area contributed by atoms with Crippen LogP contribution >= 0.6 is 0 Å². The van der Waals surface area contributed by atoms with Gasteiger partial charge >= 0.3 is 5.97 Å². The average molecular weight is 628 g/mol. The molecule has 2 N–H and O–H groups in total. The second-order valence-electron chi connectivity index (χ2n) is 12.4. The Hall–Kier alpha value is -4.28. The second-order valence-corrected chi connectivity index (χ2v) is 12.4. The number of benzene rings is 2. The molecule has 2 aromatic rings. The van der Waals surface area contributed by atoms with Crippen molar-refractivity contribution >= 4 is 23.7 Å². The Morgan fingerprint density at radius 1 is 0.913 bits per heavy atom. The number of amides is 3. The van der Waals surface area contributed by atoms with Crippen LogP contribution in [0.4, 0.5) is 0 Å². The van der Waals surface area contributed by atoms with Crippen molar-refractivity contribution in [2.24, 2.45) is 11.8 Å². The summed E-state index contributed by atoms with van der Waals surface area (Å²) < 4.78 is 12.2. The normalized spacial score (nSPS) is 30.3. The quantitative estimate of drug-likeness (QED) is 0.262. The van der Waals surface area contributed by atoms with Crippen LogP contribution in [0.2, 0.25) is 0 Å². The van der Waals surface area contributed by atoms with Crippen LogP contribution in [0.3, 0.4) is 0 Å². The van der Waals surface area contributed by atoms with Gasteiger partial charge in [-0.15, -0.1) is 0 Å². The number of nitrogens with one attached hydrogen (secondary N) is 1. The van der Waals surface area contributed by atoms with Crippen LogP contribution in [-0.4, -0.2) is 82.6 Å². The molecule has 46 heavy (non-hydrogen) atoms. The van der Waals surface area contributed by atoms with Crippen molar-refractivity contribution in [1.82, 2.24) is 15.1 Å². The Morgan fingerprint density at radius 2 is 1.67 bits per heavy atom. The lowest BCUT2D eigenvalue weighted by atomic mass is 9.74. The van der Waals surface area contributed by atoms with Gasteiger partial charge in [-0.25, -0.2) is 0 Å². The lowest BCUT2D eigenvalue weighted by Crippen LogP contribution is -2.55. The predicted octanol–water partition coefficient (Wildman–Crippen LogP) is 3.08. The number of ether oxygens (including phenoxy) is 2. The molecule has 0 saturated carbocycles. The van der Waals surface area contributed by atoms with Gasteiger partial charge < -0.3 is 29.7 Å². The molecular weight excluding hydrogens is 586 g/mol. The lowest BCUT2D eigenvalue weighted by Gasteiger charge is -2.36. The fourth-order valence-corrected chi connectivity index (χ4v) is 7.21. The Kier molecular flexibility index (Phi) is 9.65. The van der Waals surface area contributed by atoms with Crippen LogP contribution in [-0.2, 0) is 35.2 Å². The third kappa shape index (κ3) is 6.24. The zero-order chi connectivity index (χ0) is 32.1. The summed E-state index contributed by atoms with van der Waals surface area (Å²) >= 11 is 0. The Balaban J connectivity index is 1.38. The van der Waals surface area contributed by atoms with Gasteiger partial charge in [0.05, 0.1) is 24.0 Å². The number of unbranched alkanes of at least 4 members (excludes halogenated alkanes) is 2. The van der Waals surface area contributed by atoms with E-state index in [0.29, 0.717) is 38.8 Å². The summed E-state index contributed by atoms with van der Waals surface area (Å²) in [6.07, 6.45) is 9.14. The van der Waals surface area contributed by atoms with Gasteiger partial charge in [0.15, 0.2) is 0 Å². The van der Waals surface area contributed by atoms with Gasteiger partial charge in [-0.2, -0.15) is 0 Å². The average Bonchev–Trinajstić information content (AvgIpc) is 3.71. The molecule has 1 spiro atoms. The van der Waals surface area contributed by atoms with Gasteiger partial charge in [0.1, 0.15) is 18.2 Å². The highest BCUT2D eigenvalue weighted by molar-refractivity contribution is 6.00. The number of likely N-dealkylation sites (tertiary alicyclic amines) is 1. The maximum absolute atomic E-state index is 14.7. The fourth-order valence-electron chi connectivity index (χ4n) is 7.21. The maximum Gasteiger partial charge on any atom is 0.306 e. The standard InChI is InChI=1S/C36H41N3O7/c40-22-12-4-11-21-39-32-35(44)38(23-25-13-5-1-6-14-25)20-10-3-9-17-29(41)45-24-27(26-15-7-2-8-16-26)37-33(42)30-28-18-19-36(32,46-28)31(30)34(39)43/h1-3,5-8,10,13-16,18-19,27-28,30-32,40H,4,9,11-12,17,20-24H2,(H,37,42)/b10-3-/t27-,28-,30+,31+,32-,36+/m1/s1. The summed E-state index contributed by atoms with van der Waals surface area (Å²) in [5.74, 6) is -3.08. The summed E-state index contributed by atoms with van der Waals surface area (Å²) in [7, 11) is 0. The lowest BCUT2D eigenvalue weighted by molar-refractivity contribution is -0.148. The van der Waals surface area contributed by atoms with E-state index in [1.54, 1.807) is 15.9 Å². The van der Waals surface area contributed by atoms with E-state index in [4.69, 9.17) is 9.47 Å². The molecule has 6 atom stereocenters. The zero-order valence-electron chi connectivity index (χ0n) is 25.8. The Bertz CT molecular complexity index is 1480. The summed E-state index contributed by atoms with van der Waals surface area (Å²) in [4.78, 5) is 59.2. The third-order valence-electron chi connectivity index (χ3n) is 9.43. The van der Waals surface area contributed by atoms with Crippen molar-refractivity contribution in [3.63, 3.8) is 0 Å². The smallest absolute Gasteiger partial charge is 0.306 e. The van der Waals surface area contributed by atoms with Crippen molar-refractivity contribution in [2.75, 3.05) is 26.3 Å². The molecule has 0 radical (unpaired) electrons. The van der Waals surface area contributed by atoms with E-state index >= 15 is 0 Å². The van der Waals surface area contributed by atoms with Crippen LogP contribution in [0, 0.1) is 11.8 Å². The number of nitrogens with zero attached hydrogens (tertiary/aromatic N) is 2. The number of hydrogen-bond acceptors (Lipinski definition) is 7. The molecule has 2 aromatic carbocycles. The minimum Gasteiger partial charge on any atom is -0.463 e. The molecule has 5 bridgehead atoms. The second kappa shape index (κ2) is 14.0. The van der Waals surface area contributed by atoms with Gasteiger partial charge in [-0.3, -0.25) is 19.2 Å². The molecule has 2 fully saturated rings. The van der Waals surface area contributed by atoms with Crippen LogP contribution in [0.15, 0.2) is 85.0 Å². The van der Waals surface area contributed by atoms with Gasteiger partial charge in [-0.1, -0.05) is 85.0 Å². The number of esters is 1. The summed E-state index contributed by atoms with van der Waals surface area (Å²) in [5, 5.41) is 12.4. The van der Waals surface area contributed by atoms with Crippen molar-refractivity contribution in [3.8, 4) is 0 Å². The van der Waals surface area contributed by atoms with Crippen LogP contribution in [0.5, 0.6) is 0 Å². The maximum atomic E-state index is 14.7. The molecule has 4 aliphatic rings. The largest absolute Gasteiger partial charge is 0.463 e. The van der Waals surface area contributed by atoms with Gasteiger partial charge in [0.2, 0.25) is 17.7 Å². The van der Waals surface area contributed by atoms with E-state index in [1.165, 1.54) is 0 Å². The first-order valence-corrected chi connectivity index (χ1v) is 16.2. The minimum absolute atomic E-state index is 0.0493. The van der Waals surface area contributed by atoms with Crippen molar-refractivity contribution in [1.29, 1.82) is 0 Å². The van der Waals surface area contributed by atoms with E-state index in [-0.39, 0.29) is 43.9 Å². The number of carbonyl (C=O) groups excluding carboxylic acids is 4. The van der Waals surface area contributed by atoms with Crippen molar-refractivity contribution in [2.45, 2.75) is 62.4 Å². The third-order valence-corrected chi connectivity index (χ3v) is 9.43. The number of fused-ring (bicyclic) bond motifs is 2. The molecule has 0 aromatic heterocycles. The van der Waals surface area contributed by atoms with Gasteiger partial charge in [0, 0.05) is 32.7 Å². The molecule has 4 heterocycles.